The molecule has 0 aliphatic carbocycles. The lowest BCUT2D eigenvalue weighted by atomic mass is 9.97. The monoisotopic (exact) mass is 658 g/mol. The lowest BCUT2D eigenvalue weighted by Gasteiger charge is -2.43. The Kier molecular flexibility index (Phi) is 10.4. The minimum atomic E-state index is -0.323. The van der Waals surface area contributed by atoms with Crippen LogP contribution in [0.2, 0.25) is 0 Å². The molecule has 4 heterocycles. The number of halogens is 1. The summed E-state index contributed by atoms with van der Waals surface area (Å²) in [7, 11) is 5.98. The summed E-state index contributed by atoms with van der Waals surface area (Å²) in [5, 5.41) is 8.00. The van der Waals surface area contributed by atoms with Gasteiger partial charge in [0.25, 0.3) is 0 Å². The van der Waals surface area contributed by atoms with Gasteiger partial charge in [-0.2, -0.15) is 0 Å². The van der Waals surface area contributed by atoms with Gasteiger partial charge in [-0.3, -0.25) is 9.63 Å². The van der Waals surface area contributed by atoms with Crippen molar-refractivity contribution < 1.29 is 18.8 Å². The topological polar surface area (TPSA) is 98.3 Å². The number of aromatic nitrogens is 2. The molecule has 1 aromatic heterocycles. The largest absolute Gasteiger partial charge is 0.494 e. The van der Waals surface area contributed by atoms with Crippen LogP contribution in [-0.4, -0.2) is 91.7 Å². The minimum Gasteiger partial charge on any atom is -0.494 e. The van der Waals surface area contributed by atoms with Crippen LogP contribution in [0.25, 0.3) is 0 Å². The Hall–Kier alpha value is -4.26. The normalized spacial score (nSPS) is 19.5. The van der Waals surface area contributed by atoms with Crippen molar-refractivity contribution in [2.24, 2.45) is 0 Å². The van der Waals surface area contributed by atoms with Crippen molar-refractivity contribution in [3.05, 3.63) is 72.3 Å². The number of hydroxylamine groups is 1. The number of rotatable bonds is 10. The molecule has 48 heavy (non-hydrogen) atoms. The molecule has 0 bridgehead atoms. The van der Waals surface area contributed by atoms with Crippen molar-refractivity contribution in [2.75, 3.05) is 74.6 Å². The second kappa shape index (κ2) is 14.9. The quantitative estimate of drug-likeness (QED) is 0.265. The van der Waals surface area contributed by atoms with Gasteiger partial charge in [-0.25, -0.2) is 19.4 Å². The van der Waals surface area contributed by atoms with Crippen molar-refractivity contribution in [3.8, 4) is 5.75 Å². The van der Waals surface area contributed by atoms with Crippen LogP contribution in [0.5, 0.6) is 5.75 Å². The molecule has 3 aliphatic heterocycles. The van der Waals surface area contributed by atoms with E-state index in [1.54, 1.807) is 37.3 Å². The van der Waals surface area contributed by atoms with E-state index < -0.39 is 0 Å². The highest BCUT2D eigenvalue weighted by Crippen LogP contribution is 2.41. The molecule has 6 rings (SSSR count). The van der Waals surface area contributed by atoms with Crippen LogP contribution < -0.4 is 25.3 Å². The zero-order valence-electron chi connectivity index (χ0n) is 28.4. The number of carbonyl (C=O) groups is 1. The molecule has 12 heteroatoms. The molecule has 0 saturated carbocycles. The SMILES string of the molecule is C=CC(=O)Nc1cc(Nc2cc(N3OCC[C@@H]3c3cccc(C)c3F)ncn2)c(OC)cc1N1CCC(N2CCC(N(C)C)CC2)CC1. The standard InChI is InChI=1S/C36H47FN8O3/c1-6-35(46)41-28-20-29(32(47-5)21-31(28)44-17-12-26(13-18-44)43-15-10-25(11-16-43)42(3)4)40-33-22-34(39-23-38-33)45-30(14-19-48-45)27-9-7-8-24(2)36(27)37/h6-9,20-23,25-26,30H,1,10-19H2,2-5H3,(H,41,46)(H,38,39,40)/t30-/m1/s1. The van der Waals surface area contributed by atoms with Gasteiger partial charge < -0.3 is 30.1 Å². The number of carbonyl (C=O) groups excluding carboxylic acids is 1. The van der Waals surface area contributed by atoms with E-state index in [0.717, 1.165) is 44.7 Å². The van der Waals surface area contributed by atoms with E-state index in [-0.39, 0.29) is 17.8 Å². The second-order valence-corrected chi connectivity index (χ2v) is 13.0. The minimum absolute atomic E-state index is 0.238. The van der Waals surface area contributed by atoms with Crippen LogP contribution >= 0.6 is 0 Å². The van der Waals surface area contributed by atoms with Crippen LogP contribution in [0.1, 0.15) is 49.3 Å². The van der Waals surface area contributed by atoms with Crippen LogP contribution in [0, 0.1) is 12.7 Å². The van der Waals surface area contributed by atoms with E-state index in [1.807, 2.05) is 18.2 Å². The Morgan fingerprint density at radius 1 is 1.06 bits per heavy atom. The average molecular weight is 659 g/mol. The Bertz CT molecular complexity index is 1600. The molecular formula is C36H47FN8O3. The molecule has 2 aromatic carbocycles. The number of ether oxygens (including phenoxy) is 1. The highest BCUT2D eigenvalue weighted by atomic mass is 19.1. The van der Waals surface area contributed by atoms with Gasteiger partial charge in [0.2, 0.25) is 5.91 Å². The maximum absolute atomic E-state index is 15.1. The predicted octanol–water partition coefficient (Wildman–Crippen LogP) is 5.68. The Balaban J connectivity index is 1.21. The molecule has 1 amide bonds. The van der Waals surface area contributed by atoms with Crippen LogP contribution in [0.4, 0.5) is 33.1 Å². The van der Waals surface area contributed by atoms with E-state index >= 15 is 4.39 Å². The van der Waals surface area contributed by atoms with Gasteiger partial charge in [0.05, 0.1) is 36.8 Å². The highest BCUT2D eigenvalue weighted by molar-refractivity contribution is 6.02. The summed E-state index contributed by atoms with van der Waals surface area (Å²) >= 11 is 0. The summed E-state index contributed by atoms with van der Waals surface area (Å²) in [5.74, 6) is 1.06. The second-order valence-electron chi connectivity index (χ2n) is 13.0. The zero-order valence-corrected chi connectivity index (χ0v) is 28.4. The molecule has 1 atom stereocenters. The third-order valence-corrected chi connectivity index (χ3v) is 9.94. The van der Waals surface area contributed by atoms with E-state index in [0.29, 0.717) is 65.0 Å². The van der Waals surface area contributed by atoms with Crippen molar-refractivity contribution >= 4 is 34.6 Å². The number of hydrogen-bond acceptors (Lipinski definition) is 10. The lowest BCUT2D eigenvalue weighted by molar-refractivity contribution is -0.111. The smallest absolute Gasteiger partial charge is 0.247 e. The fourth-order valence-corrected chi connectivity index (χ4v) is 7.20. The number of anilines is 5. The number of nitrogens with zero attached hydrogens (tertiary/aromatic N) is 6. The van der Waals surface area contributed by atoms with Crippen LogP contribution in [-0.2, 0) is 9.63 Å². The zero-order chi connectivity index (χ0) is 33.8. The predicted molar refractivity (Wildman–Crippen MR) is 188 cm³/mol. The van der Waals surface area contributed by atoms with Gasteiger partial charge in [0.15, 0.2) is 5.82 Å². The molecule has 11 nitrogen and oxygen atoms in total. The van der Waals surface area contributed by atoms with Gasteiger partial charge in [-0.1, -0.05) is 24.8 Å². The van der Waals surface area contributed by atoms with Crippen molar-refractivity contribution in [1.82, 2.24) is 19.8 Å². The first kappa shape index (κ1) is 33.6. The molecule has 2 N–H and O–H groups in total. The Morgan fingerprint density at radius 3 is 2.54 bits per heavy atom. The molecule has 3 saturated heterocycles. The summed E-state index contributed by atoms with van der Waals surface area (Å²) in [6, 6.07) is 11.9. The van der Waals surface area contributed by atoms with Crippen LogP contribution in [0.3, 0.4) is 0 Å². The third-order valence-electron chi connectivity index (χ3n) is 9.94. The van der Waals surface area contributed by atoms with Gasteiger partial charge in [-0.15, -0.1) is 0 Å². The van der Waals surface area contributed by atoms with Crippen molar-refractivity contribution in [1.29, 1.82) is 0 Å². The first-order valence-corrected chi connectivity index (χ1v) is 16.8. The highest BCUT2D eigenvalue weighted by Gasteiger charge is 2.32. The molecule has 256 valence electrons. The maximum atomic E-state index is 15.1. The van der Waals surface area contributed by atoms with E-state index in [2.05, 4.69) is 56.0 Å². The van der Waals surface area contributed by atoms with Gasteiger partial charge in [0, 0.05) is 49.3 Å². The third kappa shape index (κ3) is 7.25. The number of piperidine rings is 2. The summed E-state index contributed by atoms with van der Waals surface area (Å²) in [4.78, 5) is 34.7. The average Bonchev–Trinajstić information content (AvgIpc) is 3.60. The number of benzene rings is 2. The van der Waals surface area contributed by atoms with Gasteiger partial charge in [0.1, 0.15) is 23.7 Å². The van der Waals surface area contributed by atoms with Gasteiger partial charge >= 0.3 is 0 Å². The van der Waals surface area contributed by atoms with Gasteiger partial charge in [-0.05, 0) is 77.5 Å². The first-order valence-electron chi connectivity index (χ1n) is 16.8. The number of methoxy groups -OCH3 is 1. The number of aryl methyl sites for hydroxylation is 1. The Morgan fingerprint density at radius 2 is 1.83 bits per heavy atom. The summed E-state index contributed by atoms with van der Waals surface area (Å²) in [6.45, 7) is 9.88. The van der Waals surface area contributed by atoms with Crippen LogP contribution in [0.15, 0.2) is 55.4 Å². The number of amides is 1. The van der Waals surface area contributed by atoms with Crippen molar-refractivity contribution in [3.63, 3.8) is 0 Å². The molecule has 3 aliphatic rings. The fourth-order valence-electron chi connectivity index (χ4n) is 7.20. The lowest BCUT2D eigenvalue weighted by Crippen LogP contribution is -2.50. The molecule has 3 fully saturated rings. The fraction of sp³-hybridized carbons (Fsp3) is 0.472. The van der Waals surface area contributed by atoms with E-state index in [4.69, 9.17) is 9.57 Å². The summed E-state index contributed by atoms with van der Waals surface area (Å²) in [6.07, 6.45) is 7.87. The maximum Gasteiger partial charge on any atom is 0.247 e. The van der Waals surface area contributed by atoms with E-state index in [9.17, 15) is 4.79 Å². The summed E-state index contributed by atoms with van der Waals surface area (Å²) < 4.78 is 20.9. The van der Waals surface area contributed by atoms with Crippen molar-refractivity contribution in [2.45, 2.75) is 57.2 Å². The Labute approximate surface area is 282 Å². The molecule has 0 spiro atoms. The number of likely N-dealkylation sites (tertiary alicyclic amines) is 1. The number of hydrogen-bond donors (Lipinski definition) is 2. The molecule has 3 aromatic rings. The molecule has 0 unspecified atom stereocenters. The number of nitrogens with one attached hydrogen (secondary N) is 2. The van der Waals surface area contributed by atoms with E-state index in [1.165, 1.54) is 25.2 Å². The summed E-state index contributed by atoms with van der Waals surface area (Å²) in [5.41, 5.74) is 3.32. The molecular weight excluding hydrogens is 611 g/mol. The molecule has 0 radical (unpaired) electrons. The first-order chi connectivity index (χ1) is 23.2.